The van der Waals surface area contributed by atoms with E-state index < -0.39 is 0 Å². The minimum absolute atomic E-state index is 0.144. The maximum Gasteiger partial charge on any atom is 0.295 e. The van der Waals surface area contributed by atoms with Gasteiger partial charge in [-0.1, -0.05) is 25.1 Å². The van der Waals surface area contributed by atoms with Gasteiger partial charge in [0.25, 0.3) is 5.91 Å². The van der Waals surface area contributed by atoms with Crippen LogP contribution in [0.2, 0.25) is 0 Å². The first-order valence-electron chi connectivity index (χ1n) is 6.76. The standard InChI is InChI=1S/C15H15N5O/c1-3-13-18-14(20-19-13)15(21)17-12-8-9(2)16-11-7-5-4-6-10(11)12/h4-8H,3H2,1-2H3,(H,16,17,21)(H,18,19,20). The second-order valence-corrected chi connectivity index (χ2v) is 4.74. The molecule has 0 unspecified atom stereocenters. The molecule has 0 aliphatic carbocycles. The molecule has 3 aromatic rings. The number of aryl methyl sites for hydroxylation is 2. The van der Waals surface area contributed by atoms with Gasteiger partial charge in [0.15, 0.2) is 0 Å². The first-order valence-corrected chi connectivity index (χ1v) is 6.76. The van der Waals surface area contributed by atoms with Crippen LogP contribution in [0.15, 0.2) is 30.3 Å². The Labute approximate surface area is 121 Å². The summed E-state index contributed by atoms with van der Waals surface area (Å²) in [6.45, 7) is 3.84. The molecule has 21 heavy (non-hydrogen) atoms. The number of hydrogen-bond acceptors (Lipinski definition) is 4. The van der Waals surface area contributed by atoms with Crippen molar-refractivity contribution >= 4 is 22.5 Å². The number of hydrogen-bond donors (Lipinski definition) is 2. The number of fused-ring (bicyclic) bond motifs is 1. The summed E-state index contributed by atoms with van der Waals surface area (Å²) >= 11 is 0. The number of H-pyrrole nitrogens is 1. The van der Waals surface area contributed by atoms with Crippen molar-refractivity contribution in [3.63, 3.8) is 0 Å². The van der Waals surface area contributed by atoms with Crippen LogP contribution in [0.1, 0.15) is 29.1 Å². The van der Waals surface area contributed by atoms with Crippen LogP contribution in [0.25, 0.3) is 10.9 Å². The first kappa shape index (κ1) is 13.2. The number of nitrogens with one attached hydrogen (secondary N) is 2. The zero-order valence-corrected chi connectivity index (χ0v) is 11.8. The summed E-state index contributed by atoms with van der Waals surface area (Å²) in [4.78, 5) is 20.8. The van der Waals surface area contributed by atoms with Crippen molar-refractivity contribution in [1.29, 1.82) is 0 Å². The molecule has 1 amide bonds. The lowest BCUT2D eigenvalue weighted by molar-refractivity contribution is 0.101. The van der Waals surface area contributed by atoms with Crippen LogP contribution in [-0.2, 0) is 6.42 Å². The van der Waals surface area contributed by atoms with Gasteiger partial charge in [0.05, 0.1) is 11.2 Å². The lowest BCUT2D eigenvalue weighted by atomic mass is 10.1. The highest BCUT2D eigenvalue weighted by atomic mass is 16.2. The van der Waals surface area contributed by atoms with E-state index in [0.29, 0.717) is 17.9 Å². The molecule has 0 fully saturated rings. The number of amides is 1. The van der Waals surface area contributed by atoms with Gasteiger partial charge in [-0.2, -0.15) is 0 Å². The Morgan fingerprint density at radius 1 is 1.29 bits per heavy atom. The number of aromatic amines is 1. The molecule has 6 nitrogen and oxygen atoms in total. The van der Waals surface area contributed by atoms with E-state index in [-0.39, 0.29) is 11.7 Å². The summed E-state index contributed by atoms with van der Waals surface area (Å²) < 4.78 is 0. The van der Waals surface area contributed by atoms with Gasteiger partial charge in [0, 0.05) is 17.5 Å². The Hall–Kier alpha value is -2.76. The topological polar surface area (TPSA) is 83.6 Å². The van der Waals surface area contributed by atoms with Gasteiger partial charge < -0.3 is 5.32 Å². The van der Waals surface area contributed by atoms with Crippen LogP contribution in [0.5, 0.6) is 0 Å². The van der Waals surface area contributed by atoms with Gasteiger partial charge in [-0.05, 0) is 19.1 Å². The fourth-order valence-electron chi connectivity index (χ4n) is 2.14. The largest absolute Gasteiger partial charge is 0.318 e. The van der Waals surface area contributed by atoms with Crippen molar-refractivity contribution in [3.8, 4) is 0 Å². The van der Waals surface area contributed by atoms with Crippen LogP contribution in [-0.4, -0.2) is 26.1 Å². The van der Waals surface area contributed by atoms with E-state index >= 15 is 0 Å². The quantitative estimate of drug-likeness (QED) is 0.772. The predicted molar refractivity (Wildman–Crippen MR) is 80.2 cm³/mol. The fraction of sp³-hybridized carbons (Fsp3) is 0.200. The summed E-state index contributed by atoms with van der Waals surface area (Å²) in [6.07, 6.45) is 0.706. The summed E-state index contributed by atoms with van der Waals surface area (Å²) in [6, 6.07) is 9.51. The fourth-order valence-corrected chi connectivity index (χ4v) is 2.14. The minimum Gasteiger partial charge on any atom is -0.318 e. The lowest BCUT2D eigenvalue weighted by Gasteiger charge is -2.08. The van der Waals surface area contributed by atoms with Gasteiger partial charge in [0.1, 0.15) is 5.82 Å². The first-order chi connectivity index (χ1) is 10.2. The molecular weight excluding hydrogens is 266 g/mol. The summed E-state index contributed by atoms with van der Waals surface area (Å²) in [7, 11) is 0. The highest BCUT2D eigenvalue weighted by Gasteiger charge is 2.14. The third-order valence-corrected chi connectivity index (χ3v) is 3.16. The lowest BCUT2D eigenvalue weighted by Crippen LogP contribution is -2.14. The van der Waals surface area contributed by atoms with E-state index in [1.807, 2.05) is 44.2 Å². The molecule has 6 heteroatoms. The van der Waals surface area contributed by atoms with Gasteiger partial charge >= 0.3 is 0 Å². The summed E-state index contributed by atoms with van der Waals surface area (Å²) in [5.41, 5.74) is 2.40. The summed E-state index contributed by atoms with van der Waals surface area (Å²) in [5.74, 6) is 0.503. The third-order valence-electron chi connectivity index (χ3n) is 3.16. The third kappa shape index (κ3) is 2.60. The van der Waals surface area contributed by atoms with Gasteiger partial charge in [-0.25, -0.2) is 4.98 Å². The number of carbonyl (C=O) groups excluding carboxylic acids is 1. The summed E-state index contributed by atoms with van der Waals surface area (Å²) in [5, 5.41) is 10.4. The molecule has 0 spiro atoms. The molecule has 0 saturated heterocycles. The van der Waals surface area contributed by atoms with Gasteiger partial charge in [-0.15, -0.1) is 5.10 Å². The molecule has 2 N–H and O–H groups in total. The number of carbonyl (C=O) groups is 1. The number of nitrogens with zero attached hydrogens (tertiary/aromatic N) is 3. The van der Waals surface area contributed by atoms with E-state index in [2.05, 4.69) is 25.5 Å². The van der Waals surface area contributed by atoms with Crippen molar-refractivity contribution in [3.05, 3.63) is 47.7 Å². The molecule has 0 bridgehead atoms. The van der Waals surface area contributed by atoms with Crippen LogP contribution < -0.4 is 5.32 Å². The number of benzene rings is 1. The second-order valence-electron chi connectivity index (χ2n) is 4.74. The van der Waals surface area contributed by atoms with E-state index in [9.17, 15) is 4.79 Å². The zero-order chi connectivity index (χ0) is 14.8. The Bertz CT molecular complexity index is 809. The molecule has 0 atom stereocenters. The van der Waals surface area contributed by atoms with Crippen molar-refractivity contribution in [2.45, 2.75) is 20.3 Å². The SMILES string of the molecule is CCc1nc(C(=O)Nc2cc(C)nc3ccccc23)n[nH]1. The minimum atomic E-state index is -0.332. The number of pyridine rings is 1. The molecule has 0 radical (unpaired) electrons. The molecule has 3 rings (SSSR count). The van der Waals surface area contributed by atoms with E-state index in [1.54, 1.807) is 0 Å². The van der Waals surface area contributed by atoms with Crippen LogP contribution >= 0.6 is 0 Å². The van der Waals surface area contributed by atoms with Crippen molar-refractivity contribution in [2.24, 2.45) is 0 Å². The van der Waals surface area contributed by atoms with Crippen molar-refractivity contribution in [2.75, 3.05) is 5.32 Å². The van der Waals surface area contributed by atoms with Gasteiger partial charge in [0.2, 0.25) is 5.82 Å². The molecule has 0 aliphatic heterocycles. The second kappa shape index (κ2) is 5.32. The Kier molecular flexibility index (Phi) is 3.35. The monoisotopic (exact) mass is 281 g/mol. The average Bonchev–Trinajstić information content (AvgIpc) is 2.96. The predicted octanol–water partition coefficient (Wildman–Crippen LogP) is 2.48. The zero-order valence-electron chi connectivity index (χ0n) is 11.8. The normalized spacial score (nSPS) is 10.8. The number of anilines is 1. The van der Waals surface area contributed by atoms with E-state index in [1.165, 1.54) is 0 Å². The molecule has 2 heterocycles. The van der Waals surface area contributed by atoms with Crippen molar-refractivity contribution in [1.82, 2.24) is 20.2 Å². The molecule has 1 aromatic carbocycles. The van der Waals surface area contributed by atoms with Crippen molar-refractivity contribution < 1.29 is 4.79 Å². The van der Waals surface area contributed by atoms with Crippen LogP contribution in [0, 0.1) is 6.92 Å². The molecule has 0 aliphatic rings. The van der Waals surface area contributed by atoms with Gasteiger partial charge in [-0.3, -0.25) is 14.9 Å². The maximum atomic E-state index is 12.2. The number of aromatic nitrogens is 4. The van der Waals surface area contributed by atoms with E-state index in [0.717, 1.165) is 16.6 Å². The van der Waals surface area contributed by atoms with E-state index in [4.69, 9.17) is 0 Å². The Morgan fingerprint density at radius 2 is 2.10 bits per heavy atom. The maximum absolute atomic E-state index is 12.2. The number of para-hydroxylation sites is 1. The van der Waals surface area contributed by atoms with Crippen LogP contribution in [0.4, 0.5) is 5.69 Å². The molecule has 0 saturated carbocycles. The average molecular weight is 281 g/mol. The molecule has 2 aromatic heterocycles. The smallest absolute Gasteiger partial charge is 0.295 e. The number of rotatable bonds is 3. The Balaban J connectivity index is 1.95. The highest BCUT2D eigenvalue weighted by molar-refractivity contribution is 6.06. The Morgan fingerprint density at radius 3 is 2.86 bits per heavy atom. The highest BCUT2D eigenvalue weighted by Crippen LogP contribution is 2.23. The molecular formula is C15H15N5O. The molecule has 106 valence electrons. The van der Waals surface area contributed by atoms with Crippen LogP contribution in [0.3, 0.4) is 0 Å².